The van der Waals surface area contributed by atoms with E-state index in [9.17, 15) is 10.1 Å². The summed E-state index contributed by atoms with van der Waals surface area (Å²) in [7, 11) is 0. The van der Waals surface area contributed by atoms with Crippen molar-refractivity contribution in [1.82, 2.24) is 29.7 Å². The molecule has 1 aromatic carbocycles. The van der Waals surface area contributed by atoms with Crippen molar-refractivity contribution in [2.45, 2.75) is 32.2 Å². The molecule has 0 N–H and O–H groups in total. The number of rotatable bonds is 7. The van der Waals surface area contributed by atoms with Crippen molar-refractivity contribution in [3.8, 4) is 17.3 Å². The minimum Gasteiger partial charge on any atom is -0.379 e. The molecule has 0 spiro atoms. The molecule has 2 aromatic heterocycles. The van der Waals surface area contributed by atoms with Crippen molar-refractivity contribution in [1.29, 1.82) is 5.26 Å². The normalized spacial score (nSPS) is 17.8. The molecule has 0 bridgehead atoms. The summed E-state index contributed by atoms with van der Waals surface area (Å²) in [5.41, 5.74) is 2.64. The number of hydrogen-bond donors (Lipinski definition) is 0. The van der Waals surface area contributed by atoms with Crippen LogP contribution in [0.5, 0.6) is 0 Å². The number of carbonyl (C=O) groups is 1. The largest absolute Gasteiger partial charge is 0.379 e. The number of nitrogens with zero attached hydrogens (tertiary/aromatic N) is 8. The standard InChI is InChI=1S/C27H32N8O2/c1-21(36)32-13-9-22(10-14-32)26(7-11-28)34-20-23(19-30-34)25-8-12-29-27(31-25)35(24-5-3-2-4-6-24)33-15-17-37-18-16-33/h2-6,8,12,19-20,22,26H,7,9-10,13-18H2,1H3. The van der Waals surface area contributed by atoms with Crippen molar-refractivity contribution in [2.24, 2.45) is 5.92 Å². The SMILES string of the molecule is CC(=O)N1CCC(C(CC#N)n2cc(-c3ccnc(N(c4ccccc4)N4CCOCC4)n3)cn2)CC1. The number of amides is 1. The van der Waals surface area contributed by atoms with Gasteiger partial charge in [0.1, 0.15) is 0 Å². The lowest BCUT2D eigenvalue weighted by molar-refractivity contribution is -0.130. The van der Waals surface area contributed by atoms with Crippen LogP contribution in [0.25, 0.3) is 11.3 Å². The Morgan fingerprint density at radius 1 is 1.16 bits per heavy atom. The van der Waals surface area contributed by atoms with Crippen LogP contribution in [0.1, 0.15) is 32.2 Å². The minimum atomic E-state index is -0.0386. The van der Waals surface area contributed by atoms with E-state index in [1.54, 1.807) is 13.1 Å². The zero-order chi connectivity index (χ0) is 25.6. The van der Waals surface area contributed by atoms with E-state index >= 15 is 0 Å². The Hall–Kier alpha value is -3.81. The van der Waals surface area contributed by atoms with Crippen LogP contribution in [0.3, 0.4) is 0 Å². The van der Waals surface area contributed by atoms with E-state index in [0.29, 0.717) is 31.5 Å². The van der Waals surface area contributed by atoms with E-state index in [1.807, 2.05) is 58.4 Å². The van der Waals surface area contributed by atoms with Gasteiger partial charge in [0.2, 0.25) is 11.9 Å². The zero-order valence-electron chi connectivity index (χ0n) is 21.1. The maximum absolute atomic E-state index is 11.7. The summed E-state index contributed by atoms with van der Waals surface area (Å²) >= 11 is 0. The van der Waals surface area contributed by atoms with Crippen LogP contribution >= 0.6 is 0 Å². The van der Waals surface area contributed by atoms with Gasteiger partial charge in [-0.05, 0) is 37.0 Å². The number of benzene rings is 1. The Morgan fingerprint density at radius 3 is 2.62 bits per heavy atom. The fourth-order valence-electron chi connectivity index (χ4n) is 5.16. The van der Waals surface area contributed by atoms with Crippen LogP contribution in [0, 0.1) is 17.2 Å². The van der Waals surface area contributed by atoms with E-state index in [1.165, 1.54) is 0 Å². The summed E-state index contributed by atoms with van der Waals surface area (Å²) < 4.78 is 7.47. The summed E-state index contributed by atoms with van der Waals surface area (Å²) in [5.74, 6) is 0.986. The summed E-state index contributed by atoms with van der Waals surface area (Å²) in [6.07, 6.45) is 7.67. The van der Waals surface area contributed by atoms with Gasteiger partial charge in [-0.1, -0.05) is 18.2 Å². The first-order valence-corrected chi connectivity index (χ1v) is 12.8. The van der Waals surface area contributed by atoms with Gasteiger partial charge in [0.05, 0.1) is 49.3 Å². The predicted molar refractivity (Wildman–Crippen MR) is 138 cm³/mol. The first-order valence-electron chi connectivity index (χ1n) is 12.8. The van der Waals surface area contributed by atoms with E-state index in [4.69, 9.17) is 9.72 Å². The predicted octanol–water partition coefficient (Wildman–Crippen LogP) is 3.44. The second-order valence-electron chi connectivity index (χ2n) is 9.44. The molecule has 2 fully saturated rings. The lowest BCUT2D eigenvalue weighted by Crippen LogP contribution is -2.47. The molecule has 4 heterocycles. The smallest absolute Gasteiger partial charge is 0.245 e. The van der Waals surface area contributed by atoms with Gasteiger partial charge in [-0.25, -0.2) is 20.0 Å². The Kier molecular flexibility index (Phi) is 7.73. The highest BCUT2D eigenvalue weighted by atomic mass is 16.5. The van der Waals surface area contributed by atoms with Crippen LogP contribution in [0.4, 0.5) is 11.6 Å². The molecule has 2 aliphatic rings. The zero-order valence-corrected chi connectivity index (χ0v) is 21.1. The lowest BCUT2D eigenvalue weighted by Gasteiger charge is -2.37. The number of anilines is 2. The van der Waals surface area contributed by atoms with E-state index in [0.717, 1.165) is 56.0 Å². The Bertz CT molecular complexity index is 1230. The molecule has 0 saturated carbocycles. The number of likely N-dealkylation sites (tertiary alicyclic amines) is 1. The average Bonchev–Trinajstić information content (AvgIpc) is 3.43. The third-order valence-electron chi connectivity index (χ3n) is 7.17. The van der Waals surface area contributed by atoms with E-state index in [-0.39, 0.29) is 11.9 Å². The third kappa shape index (κ3) is 5.63. The van der Waals surface area contributed by atoms with Gasteiger partial charge in [-0.3, -0.25) is 9.48 Å². The fourth-order valence-corrected chi connectivity index (χ4v) is 5.16. The first-order chi connectivity index (χ1) is 18.1. The third-order valence-corrected chi connectivity index (χ3v) is 7.17. The number of carbonyl (C=O) groups excluding carboxylic acids is 1. The van der Waals surface area contributed by atoms with Crippen LogP contribution in [-0.2, 0) is 9.53 Å². The molecular formula is C27H32N8O2. The average molecular weight is 501 g/mol. The van der Waals surface area contributed by atoms with Crippen LogP contribution < -0.4 is 5.01 Å². The molecule has 10 nitrogen and oxygen atoms in total. The fraction of sp³-hybridized carbons (Fsp3) is 0.444. The number of nitriles is 1. The van der Waals surface area contributed by atoms with Crippen molar-refractivity contribution in [2.75, 3.05) is 44.4 Å². The molecule has 0 aliphatic carbocycles. The molecule has 5 rings (SSSR count). The second kappa shape index (κ2) is 11.5. The van der Waals surface area contributed by atoms with Gasteiger partial charge in [-0.2, -0.15) is 10.4 Å². The van der Waals surface area contributed by atoms with Crippen molar-refractivity contribution >= 4 is 17.5 Å². The molecule has 1 atom stereocenters. The van der Waals surface area contributed by atoms with E-state index in [2.05, 4.69) is 26.2 Å². The molecule has 2 saturated heterocycles. The molecule has 0 radical (unpaired) electrons. The molecule has 3 aromatic rings. The molecular weight excluding hydrogens is 468 g/mol. The van der Waals surface area contributed by atoms with Gasteiger partial charge < -0.3 is 9.64 Å². The van der Waals surface area contributed by atoms with Gasteiger partial charge in [0.15, 0.2) is 0 Å². The summed E-state index contributed by atoms with van der Waals surface area (Å²) in [4.78, 5) is 23.1. The molecule has 10 heteroatoms. The molecule has 1 unspecified atom stereocenters. The maximum Gasteiger partial charge on any atom is 0.245 e. The van der Waals surface area contributed by atoms with Crippen LogP contribution in [0.15, 0.2) is 55.0 Å². The van der Waals surface area contributed by atoms with Gasteiger partial charge in [-0.15, -0.1) is 0 Å². The number of morpholine rings is 1. The number of para-hydroxylation sites is 1. The van der Waals surface area contributed by atoms with Crippen molar-refractivity contribution < 1.29 is 9.53 Å². The Labute approximate surface area is 217 Å². The summed E-state index contributed by atoms with van der Waals surface area (Å²) in [6, 6.07) is 14.3. The number of hydrogen-bond acceptors (Lipinski definition) is 8. The Balaban J connectivity index is 1.40. The molecule has 2 aliphatic heterocycles. The summed E-state index contributed by atoms with van der Waals surface area (Å²) in [6.45, 7) is 5.87. The molecule has 192 valence electrons. The lowest BCUT2D eigenvalue weighted by atomic mass is 9.88. The van der Waals surface area contributed by atoms with E-state index < -0.39 is 0 Å². The number of piperidine rings is 1. The molecule has 37 heavy (non-hydrogen) atoms. The highest BCUT2D eigenvalue weighted by Crippen LogP contribution is 2.32. The number of ether oxygens (including phenoxy) is 1. The van der Waals surface area contributed by atoms with Gasteiger partial charge in [0.25, 0.3) is 0 Å². The van der Waals surface area contributed by atoms with Crippen LogP contribution in [-0.4, -0.2) is 75.0 Å². The van der Waals surface area contributed by atoms with Gasteiger partial charge in [0, 0.05) is 51.1 Å². The van der Waals surface area contributed by atoms with Crippen molar-refractivity contribution in [3.05, 3.63) is 55.0 Å². The van der Waals surface area contributed by atoms with Gasteiger partial charge >= 0.3 is 0 Å². The maximum atomic E-state index is 11.7. The summed E-state index contributed by atoms with van der Waals surface area (Å²) in [5, 5.41) is 18.4. The Morgan fingerprint density at radius 2 is 1.92 bits per heavy atom. The monoisotopic (exact) mass is 500 g/mol. The highest BCUT2D eigenvalue weighted by Gasteiger charge is 2.29. The number of hydrazine groups is 1. The quantitative estimate of drug-likeness (QED) is 0.486. The van der Waals surface area contributed by atoms with Crippen LogP contribution in [0.2, 0.25) is 0 Å². The number of aromatic nitrogens is 4. The first kappa shape index (κ1) is 24.9. The minimum absolute atomic E-state index is 0.0386. The second-order valence-corrected chi connectivity index (χ2v) is 9.44. The molecule has 1 amide bonds. The van der Waals surface area contributed by atoms with Crippen molar-refractivity contribution in [3.63, 3.8) is 0 Å². The highest BCUT2D eigenvalue weighted by molar-refractivity contribution is 5.73. The topological polar surface area (TPSA) is 103 Å².